The molecule has 0 radical (unpaired) electrons. The number of benzene rings is 1. The average molecular weight is 380 g/mol. The molecular weight excluding hydrogens is 352 g/mol. The van der Waals surface area contributed by atoms with Crippen LogP contribution in [-0.2, 0) is 14.3 Å². The van der Waals surface area contributed by atoms with Gasteiger partial charge in [-0.25, -0.2) is 9.59 Å². The van der Waals surface area contributed by atoms with Gasteiger partial charge in [0.25, 0.3) is 0 Å². The van der Waals surface area contributed by atoms with Crippen LogP contribution in [0.2, 0.25) is 0 Å². The molecular formula is C19H28N2O6. The van der Waals surface area contributed by atoms with Gasteiger partial charge in [-0.05, 0) is 18.4 Å². The highest BCUT2D eigenvalue weighted by Crippen LogP contribution is 2.17. The van der Waals surface area contributed by atoms with E-state index in [1.165, 1.54) is 4.90 Å². The first-order valence-electron chi connectivity index (χ1n) is 8.91. The van der Waals surface area contributed by atoms with Crippen molar-refractivity contribution in [2.24, 2.45) is 5.92 Å². The number of urea groups is 1. The number of ether oxygens (including phenoxy) is 1. The molecule has 0 bridgehead atoms. The second kappa shape index (κ2) is 11.2. The highest BCUT2D eigenvalue weighted by atomic mass is 16.5. The van der Waals surface area contributed by atoms with Crippen LogP contribution in [0.25, 0.3) is 0 Å². The van der Waals surface area contributed by atoms with E-state index in [2.05, 4.69) is 5.32 Å². The quantitative estimate of drug-likeness (QED) is 0.533. The summed E-state index contributed by atoms with van der Waals surface area (Å²) in [6, 6.07) is 7.49. The lowest BCUT2D eigenvalue weighted by Crippen LogP contribution is -2.48. The number of amides is 2. The zero-order valence-corrected chi connectivity index (χ0v) is 15.9. The molecule has 150 valence electrons. The van der Waals surface area contributed by atoms with Gasteiger partial charge in [0.2, 0.25) is 0 Å². The van der Waals surface area contributed by atoms with Gasteiger partial charge in [-0.15, -0.1) is 0 Å². The Bertz CT molecular complexity index is 620. The standard InChI is InChI=1S/C19H28N2O6/c1-4-27-18(25)16(22)12-21(11-13(2)3)19(26)20-15(10-17(23)24)14-8-6-5-7-9-14/h5-9,13,15-16,22H,4,10-12H2,1-3H3,(H,20,26)(H,23,24). The number of carbonyl (C=O) groups is 3. The van der Waals surface area contributed by atoms with Crippen molar-refractivity contribution in [3.63, 3.8) is 0 Å². The number of aliphatic hydroxyl groups is 1. The number of carbonyl (C=O) groups excluding carboxylic acids is 2. The van der Waals surface area contributed by atoms with Crippen molar-refractivity contribution in [3.05, 3.63) is 35.9 Å². The molecule has 2 atom stereocenters. The largest absolute Gasteiger partial charge is 0.481 e. The molecule has 27 heavy (non-hydrogen) atoms. The zero-order chi connectivity index (χ0) is 20.4. The van der Waals surface area contributed by atoms with E-state index in [1.54, 1.807) is 37.3 Å². The zero-order valence-electron chi connectivity index (χ0n) is 15.9. The summed E-state index contributed by atoms with van der Waals surface area (Å²) < 4.78 is 4.77. The van der Waals surface area contributed by atoms with Gasteiger partial charge in [0, 0.05) is 6.54 Å². The van der Waals surface area contributed by atoms with E-state index in [-0.39, 0.29) is 32.0 Å². The van der Waals surface area contributed by atoms with Gasteiger partial charge >= 0.3 is 18.0 Å². The monoisotopic (exact) mass is 380 g/mol. The number of nitrogens with one attached hydrogen (secondary N) is 1. The van der Waals surface area contributed by atoms with E-state index in [0.29, 0.717) is 5.56 Å². The fraction of sp³-hybridized carbons (Fsp3) is 0.526. The molecule has 0 saturated heterocycles. The molecule has 0 spiro atoms. The number of rotatable bonds is 10. The lowest BCUT2D eigenvalue weighted by molar-refractivity contribution is -0.153. The summed E-state index contributed by atoms with van der Waals surface area (Å²) in [6.45, 7) is 5.58. The number of carboxylic acids is 1. The molecule has 0 fully saturated rings. The molecule has 2 unspecified atom stereocenters. The van der Waals surface area contributed by atoms with E-state index in [1.807, 2.05) is 13.8 Å². The van der Waals surface area contributed by atoms with Gasteiger partial charge in [0.1, 0.15) is 0 Å². The Morgan fingerprint density at radius 1 is 1.15 bits per heavy atom. The van der Waals surface area contributed by atoms with Gasteiger partial charge in [-0.3, -0.25) is 4.79 Å². The SMILES string of the molecule is CCOC(=O)C(O)CN(CC(C)C)C(=O)NC(CC(=O)O)c1ccccc1. The third kappa shape index (κ3) is 8.08. The minimum absolute atomic E-state index is 0.0831. The summed E-state index contributed by atoms with van der Waals surface area (Å²) in [6.07, 6.45) is -1.75. The number of aliphatic hydroxyl groups excluding tert-OH is 1. The van der Waals surface area contributed by atoms with E-state index in [9.17, 15) is 19.5 Å². The average Bonchev–Trinajstić information content (AvgIpc) is 2.60. The van der Waals surface area contributed by atoms with Crippen LogP contribution in [0.1, 0.15) is 38.8 Å². The third-order valence-electron chi connectivity index (χ3n) is 3.70. The maximum atomic E-state index is 12.7. The summed E-state index contributed by atoms with van der Waals surface area (Å²) in [5, 5.41) is 21.8. The van der Waals surface area contributed by atoms with Crippen LogP contribution in [0.5, 0.6) is 0 Å². The van der Waals surface area contributed by atoms with E-state index >= 15 is 0 Å². The van der Waals surface area contributed by atoms with Crippen molar-refractivity contribution in [1.29, 1.82) is 0 Å². The Balaban J connectivity index is 2.91. The number of aliphatic carboxylic acids is 1. The normalized spacial score (nSPS) is 12.9. The predicted molar refractivity (Wildman–Crippen MR) is 99.0 cm³/mol. The summed E-state index contributed by atoms with van der Waals surface area (Å²) in [5.41, 5.74) is 0.656. The van der Waals surface area contributed by atoms with Crippen LogP contribution in [-0.4, -0.2) is 58.9 Å². The van der Waals surface area contributed by atoms with Crippen LogP contribution in [0, 0.1) is 5.92 Å². The van der Waals surface area contributed by atoms with Crippen LogP contribution in [0.3, 0.4) is 0 Å². The fourth-order valence-corrected chi connectivity index (χ4v) is 2.56. The molecule has 0 heterocycles. The molecule has 0 aliphatic rings. The van der Waals surface area contributed by atoms with E-state index < -0.39 is 30.1 Å². The van der Waals surface area contributed by atoms with Gasteiger partial charge < -0.3 is 25.2 Å². The van der Waals surface area contributed by atoms with Crippen LogP contribution in [0.4, 0.5) is 4.79 Å². The molecule has 8 heteroatoms. The fourth-order valence-electron chi connectivity index (χ4n) is 2.56. The second-order valence-corrected chi connectivity index (χ2v) is 6.58. The Kier molecular flexibility index (Phi) is 9.29. The van der Waals surface area contributed by atoms with Gasteiger partial charge in [0.05, 0.1) is 25.6 Å². The van der Waals surface area contributed by atoms with Crippen molar-refractivity contribution in [2.75, 3.05) is 19.7 Å². The smallest absolute Gasteiger partial charge is 0.336 e. The number of hydrogen-bond donors (Lipinski definition) is 3. The van der Waals surface area contributed by atoms with Gasteiger partial charge in [-0.2, -0.15) is 0 Å². The first-order chi connectivity index (χ1) is 12.7. The summed E-state index contributed by atoms with van der Waals surface area (Å²) in [5.74, 6) is -1.77. The third-order valence-corrected chi connectivity index (χ3v) is 3.70. The van der Waals surface area contributed by atoms with Crippen LogP contribution >= 0.6 is 0 Å². The molecule has 0 aromatic heterocycles. The minimum atomic E-state index is -1.47. The van der Waals surface area contributed by atoms with E-state index in [4.69, 9.17) is 9.84 Å². The van der Waals surface area contributed by atoms with Crippen LogP contribution < -0.4 is 5.32 Å². The predicted octanol–water partition coefficient (Wildman–Crippen LogP) is 1.79. The maximum Gasteiger partial charge on any atom is 0.336 e. The number of nitrogens with zero attached hydrogens (tertiary/aromatic N) is 1. The second-order valence-electron chi connectivity index (χ2n) is 6.58. The molecule has 1 aromatic rings. The molecule has 1 rings (SSSR count). The summed E-state index contributed by atoms with van der Waals surface area (Å²) in [4.78, 5) is 36.9. The van der Waals surface area contributed by atoms with Crippen molar-refractivity contribution in [2.45, 2.75) is 39.3 Å². The molecule has 1 aromatic carbocycles. The molecule has 3 N–H and O–H groups in total. The Morgan fingerprint density at radius 3 is 2.30 bits per heavy atom. The lowest BCUT2D eigenvalue weighted by atomic mass is 10.0. The van der Waals surface area contributed by atoms with Gasteiger partial charge in [-0.1, -0.05) is 44.2 Å². The lowest BCUT2D eigenvalue weighted by Gasteiger charge is -2.29. The van der Waals surface area contributed by atoms with Crippen molar-refractivity contribution in [1.82, 2.24) is 10.2 Å². The molecule has 8 nitrogen and oxygen atoms in total. The first kappa shape index (κ1) is 22.4. The number of hydrogen-bond acceptors (Lipinski definition) is 5. The highest BCUT2D eigenvalue weighted by Gasteiger charge is 2.26. The molecule has 0 saturated carbocycles. The topological polar surface area (TPSA) is 116 Å². The van der Waals surface area contributed by atoms with E-state index in [0.717, 1.165) is 0 Å². The van der Waals surface area contributed by atoms with Crippen molar-refractivity contribution >= 4 is 18.0 Å². The maximum absolute atomic E-state index is 12.7. The Labute approximate surface area is 159 Å². The highest BCUT2D eigenvalue weighted by molar-refractivity contribution is 5.79. The number of carboxylic acid groups (broad SMARTS) is 1. The Morgan fingerprint density at radius 2 is 1.78 bits per heavy atom. The first-order valence-corrected chi connectivity index (χ1v) is 8.91. The molecule has 2 amide bonds. The van der Waals surface area contributed by atoms with Crippen LogP contribution in [0.15, 0.2) is 30.3 Å². The van der Waals surface area contributed by atoms with Crippen molar-refractivity contribution in [3.8, 4) is 0 Å². The Hall–Kier alpha value is -2.61. The van der Waals surface area contributed by atoms with Gasteiger partial charge in [0.15, 0.2) is 6.10 Å². The number of esters is 1. The summed E-state index contributed by atoms with van der Waals surface area (Å²) >= 11 is 0. The summed E-state index contributed by atoms with van der Waals surface area (Å²) in [7, 11) is 0. The molecule has 0 aliphatic carbocycles. The van der Waals surface area contributed by atoms with Crippen molar-refractivity contribution < 1.29 is 29.3 Å². The minimum Gasteiger partial charge on any atom is -0.481 e. The molecule has 0 aliphatic heterocycles.